The number of carbonyl (C=O) groups excluding carboxylic acids is 2. The van der Waals surface area contributed by atoms with Crippen LogP contribution in [0.3, 0.4) is 0 Å². The van der Waals surface area contributed by atoms with Gasteiger partial charge in [-0.15, -0.1) is 0 Å². The Bertz CT molecular complexity index is 690. The summed E-state index contributed by atoms with van der Waals surface area (Å²) in [5.74, 6) is -2.53. The zero-order valence-corrected chi connectivity index (χ0v) is 14.2. The number of hydrogen-bond donors (Lipinski definition) is 0. The molecule has 0 aliphatic carbocycles. The molecule has 1 aliphatic rings. The molecule has 7 heteroatoms. The third-order valence-corrected chi connectivity index (χ3v) is 5.00. The first-order chi connectivity index (χ1) is 10.8. The molecule has 122 valence electrons. The first-order valence-corrected chi connectivity index (χ1v) is 8.31. The van der Waals surface area contributed by atoms with Crippen molar-refractivity contribution in [2.45, 2.75) is 26.3 Å². The zero-order valence-electron chi connectivity index (χ0n) is 12.6. The molecule has 0 unspecified atom stereocenters. The zero-order chi connectivity index (χ0) is 17.1. The number of carbonyl (C=O) groups is 2. The van der Waals surface area contributed by atoms with E-state index in [0.29, 0.717) is 12.0 Å². The second-order valence-electron chi connectivity index (χ2n) is 5.26. The SMILES string of the molecule is CC[C@H](C)[C@H](C(=O)[O-])N1C(=O)/C(=C/c2cccc(F)c2)SC1=S. The van der Waals surface area contributed by atoms with E-state index in [1.807, 2.05) is 6.92 Å². The smallest absolute Gasteiger partial charge is 0.266 e. The van der Waals surface area contributed by atoms with Crippen LogP contribution in [0.2, 0.25) is 0 Å². The molecule has 1 saturated heterocycles. The Labute approximate surface area is 143 Å². The number of thioether (sulfide) groups is 1. The van der Waals surface area contributed by atoms with Gasteiger partial charge < -0.3 is 9.90 Å². The lowest BCUT2D eigenvalue weighted by Crippen LogP contribution is -2.53. The van der Waals surface area contributed by atoms with E-state index >= 15 is 0 Å². The Morgan fingerprint density at radius 3 is 2.78 bits per heavy atom. The van der Waals surface area contributed by atoms with Crippen molar-refractivity contribution in [1.82, 2.24) is 4.90 Å². The molecule has 1 fully saturated rings. The van der Waals surface area contributed by atoms with E-state index in [-0.39, 0.29) is 15.1 Å². The van der Waals surface area contributed by atoms with E-state index in [1.54, 1.807) is 13.0 Å². The lowest BCUT2D eigenvalue weighted by Gasteiger charge is -2.32. The molecule has 1 aromatic rings. The number of benzene rings is 1. The number of carboxylic acids is 1. The minimum Gasteiger partial charge on any atom is -0.548 e. The van der Waals surface area contributed by atoms with Crippen LogP contribution in [0.15, 0.2) is 29.2 Å². The summed E-state index contributed by atoms with van der Waals surface area (Å²) >= 11 is 6.17. The fourth-order valence-corrected chi connectivity index (χ4v) is 3.61. The highest BCUT2D eigenvalue weighted by molar-refractivity contribution is 8.26. The van der Waals surface area contributed by atoms with Crippen LogP contribution in [0, 0.1) is 11.7 Å². The fraction of sp³-hybridized carbons (Fsp3) is 0.312. The van der Waals surface area contributed by atoms with Crippen molar-refractivity contribution in [3.05, 3.63) is 40.6 Å². The number of nitrogens with zero attached hydrogens (tertiary/aromatic N) is 1. The van der Waals surface area contributed by atoms with Gasteiger partial charge in [0.1, 0.15) is 10.1 Å². The molecular weight excluding hydrogens is 337 g/mol. The monoisotopic (exact) mass is 352 g/mol. The normalized spacial score (nSPS) is 19.3. The quantitative estimate of drug-likeness (QED) is 0.600. The Kier molecular flexibility index (Phi) is 5.54. The average Bonchev–Trinajstić information content (AvgIpc) is 2.75. The summed E-state index contributed by atoms with van der Waals surface area (Å²) in [6.45, 7) is 3.57. The number of rotatable bonds is 5. The summed E-state index contributed by atoms with van der Waals surface area (Å²) in [4.78, 5) is 25.3. The molecule has 0 radical (unpaired) electrons. The van der Waals surface area contributed by atoms with Crippen molar-refractivity contribution in [1.29, 1.82) is 0 Å². The summed E-state index contributed by atoms with van der Waals surface area (Å²) in [6, 6.07) is 4.67. The molecule has 2 rings (SSSR count). The molecule has 0 saturated carbocycles. The topological polar surface area (TPSA) is 60.4 Å². The summed E-state index contributed by atoms with van der Waals surface area (Å²) in [6.07, 6.45) is 2.07. The van der Waals surface area contributed by atoms with Crippen LogP contribution in [0.25, 0.3) is 6.08 Å². The molecule has 2 atom stereocenters. The number of hydrogen-bond acceptors (Lipinski definition) is 5. The van der Waals surface area contributed by atoms with E-state index in [9.17, 15) is 19.1 Å². The van der Waals surface area contributed by atoms with Crippen molar-refractivity contribution < 1.29 is 19.1 Å². The van der Waals surface area contributed by atoms with Gasteiger partial charge in [0.05, 0.1) is 16.9 Å². The van der Waals surface area contributed by atoms with Gasteiger partial charge in [-0.2, -0.15) is 0 Å². The molecule has 0 spiro atoms. The van der Waals surface area contributed by atoms with Crippen molar-refractivity contribution in [2.24, 2.45) is 5.92 Å². The van der Waals surface area contributed by atoms with Crippen LogP contribution in [0.4, 0.5) is 4.39 Å². The average molecular weight is 352 g/mol. The van der Waals surface area contributed by atoms with Crippen molar-refractivity contribution in [3.63, 3.8) is 0 Å². The van der Waals surface area contributed by atoms with Gasteiger partial charge in [0.25, 0.3) is 5.91 Å². The van der Waals surface area contributed by atoms with Gasteiger partial charge in [-0.05, 0) is 29.7 Å². The van der Waals surface area contributed by atoms with E-state index in [2.05, 4.69) is 0 Å². The molecular formula is C16H15FNO3S2-. The van der Waals surface area contributed by atoms with E-state index in [4.69, 9.17) is 12.2 Å². The highest BCUT2D eigenvalue weighted by Crippen LogP contribution is 2.35. The maximum atomic E-state index is 13.2. The van der Waals surface area contributed by atoms with Crippen LogP contribution in [-0.4, -0.2) is 27.1 Å². The molecule has 0 bridgehead atoms. The molecule has 0 aromatic heterocycles. The molecule has 1 amide bonds. The third kappa shape index (κ3) is 3.79. The maximum Gasteiger partial charge on any atom is 0.266 e. The van der Waals surface area contributed by atoms with Crippen molar-refractivity contribution in [3.8, 4) is 0 Å². The molecule has 23 heavy (non-hydrogen) atoms. The molecule has 1 aliphatic heterocycles. The lowest BCUT2D eigenvalue weighted by atomic mass is 9.98. The largest absolute Gasteiger partial charge is 0.548 e. The summed E-state index contributed by atoms with van der Waals surface area (Å²) in [5.41, 5.74) is 0.513. The van der Waals surface area contributed by atoms with Crippen LogP contribution >= 0.6 is 24.0 Å². The lowest BCUT2D eigenvalue weighted by molar-refractivity contribution is -0.311. The first kappa shape index (κ1) is 17.6. The third-order valence-electron chi connectivity index (χ3n) is 3.67. The summed E-state index contributed by atoms with van der Waals surface area (Å²) in [5, 5.41) is 11.4. The van der Waals surface area contributed by atoms with Crippen LogP contribution < -0.4 is 5.11 Å². The van der Waals surface area contributed by atoms with Crippen molar-refractivity contribution >= 4 is 46.3 Å². The first-order valence-electron chi connectivity index (χ1n) is 7.08. The molecule has 1 heterocycles. The summed E-state index contributed by atoms with van der Waals surface area (Å²) < 4.78 is 13.4. The fourth-order valence-electron chi connectivity index (χ4n) is 2.28. The molecule has 1 aromatic carbocycles. The number of amides is 1. The van der Waals surface area contributed by atoms with Crippen LogP contribution in [0.1, 0.15) is 25.8 Å². The second kappa shape index (κ2) is 7.23. The van der Waals surface area contributed by atoms with Crippen LogP contribution in [0.5, 0.6) is 0 Å². The van der Waals surface area contributed by atoms with Gasteiger partial charge in [-0.3, -0.25) is 9.69 Å². The van der Waals surface area contributed by atoms with Gasteiger partial charge >= 0.3 is 0 Å². The standard InChI is InChI=1S/C16H16FNO3S2/c1-3-9(2)13(15(20)21)18-14(19)12(23-16(18)22)8-10-5-4-6-11(17)7-10/h4-9,13H,3H2,1-2H3,(H,20,21)/p-1/b12-8-/t9-,13+/m0/s1. The predicted molar refractivity (Wildman–Crippen MR) is 89.7 cm³/mol. The molecule has 4 nitrogen and oxygen atoms in total. The van der Waals surface area contributed by atoms with E-state index in [1.165, 1.54) is 24.3 Å². The highest BCUT2D eigenvalue weighted by atomic mass is 32.2. The second-order valence-corrected chi connectivity index (χ2v) is 6.93. The minimum absolute atomic E-state index is 0.173. The van der Waals surface area contributed by atoms with Gasteiger partial charge in [0, 0.05) is 0 Å². The maximum absolute atomic E-state index is 13.2. The van der Waals surface area contributed by atoms with Gasteiger partial charge in [-0.25, -0.2) is 4.39 Å². The minimum atomic E-state index is -1.33. The molecule has 0 N–H and O–H groups in total. The van der Waals surface area contributed by atoms with Crippen LogP contribution in [-0.2, 0) is 9.59 Å². The Morgan fingerprint density at radius 1 is 1.52 bits per heavy atom. The Balaban J connectivity index is 2.34. The Morgan fingerprint density at radius 2 is 2.22 bits per heavy atom. The van der Waals surface area contributed by atoms with Gasteiger partial charge in [0.2, 0.25) is 0 Å². The van der Waals surface area contributed by atoms with Gasteiger partial charge in [0.15, 0.2) is 0 Å². The van der Waals surface area contributed by atoms with E-state index < -0.39 is 23.7 Å². The van der Waals surface area contributed by atoms with E-state index in [0.717, 1.165) is 16.7 Å². The number of halogens is 1. The predicted octanol–water partition coefficient (Wildman–Crippen LogP) is 2.19. The number of thiocarbonyl (C=S) groups is 1. The highest BCUT2D eigenvalue weighted by Gasteiger charge is 2.39. The Hall–Kier alpha value is -1.73. The number of carboxylic acid groups (broad SMARTS) is 1. The van der Waals surface area contributed by atoms with Gasteiger partial charge in [-0.1, -0.05) is 56.4 Å². The summed E-state index contributed by atoms with van der Waals surface area (Å²) in [7, 11) is 0. The number of aliphatic carboxylic acids is 1. The van der Waals surface area contributed by atoms with Crippen molar-refractivity contribution in [2.75, 3.05) is 0 Å².